The third-order valence-electron chi connectivity index (χ3n) is 5.39. The van der Waals surface area contributed by atoms with Crippen molar-refractivity contribution in [2.24, 2.45) is 0 Å². The van der Waals surface area contributed by atoms with Crippen LogP contribution in [0.3, 0.4) is 0 Å². The van der Waals surface area contributed by atoms with Crippen LogP contribution < -0.4 is 10.9 Å². The molecule has 4 rings (SSSR count). The Kier molecular flexibility index (Phi) is 4.98. The van der Waals surface area contributed by atoms with Crippen molar-refractivity contribution in [1.82, 2.24) is 24.6 Å². The van der Waals surface area contributed by atoms with Gasteiger partial charge in [-0.1, -0.05) is 38.8 Å². The average Bonchev–Trinajstić information content (AvgIpc) is 3.34. The number of nitrogens with zero attached hydrogens (tertiary/aromatic N) is 4. The smallest absolute Gasteiger partial charge is 0.264 e. The number of hydrogen-bond acceptors (Lipinski definition) is 4. The van der Waals surface area contributed by atoms with Gasteiger partial charge in [-0.3, -0.25) is 14.2 Å². The van der Waals surface area contributed by atoms with E-state index >= 15 is 0 Å². The molecule has 3 aromatic rings. The van der Waals surface area contributed by atoms with Crippen molar-refractivity contribution in [2.45, 2.75) is 58.0 Å². The van der Waals surface area contributed by atoms with E-state index in [1.807, 2.05) is 12.1 Å². The monoisotopic (exact) mass is 379 g/mol. The standard InChI is InChI=1S/C21H25N5O2/c1-14(2)15-7-9-17(10-8-15)26-20-18(11-23-26)21(28)25(13-22-20)12-19(27)24-16-5-3-4-6-16/h7-11,13-14,16H,3-6,12H2,1-2H3,(H,24,27). The highest BCUT2D eigenvalue weighted by Gasteiger charge is 2.18. The molecule has 0 saturated heterocycles. The summed E-state index contributed by atoms with van der Waals surface area (Å²) in [6.07, 6.45) is 7.28. The number of hydrogen-bond donors (Lipinski definition) is 1. The lowest BCUT2D eigenvalue weighted by Crippen LogP contribution is -2.37. The van der Waals surface area contributed by atoms with Crippen LogP contribution in [0.15, 0.2) is 41.6 Å². The minimum absolute atomic E-state index is 0.0213. The molecule has 2 aromatic heterocycles. The molecule has 1 aliphatic rings. The van der Waals surface area contributed by atoms with E-state index in [-0.39, 0.29) is 24.1 Å². The van der Waals surface area contributed by atoms with Crippen molar-refractivity contribution < 1.29 is 4.79 Å². The highest BCUT2D eigenvalue weighted by Crippen LogP contribution is 2.19. The summed E-state index contributed by atoms with van der Waals surface area (Å²) in [4.78, 5) is 29.4. The molecule has 7 heteroatoms. The predicted octanol–water partition coefficient (Wildman–Crippen LogP) is 2.76. The first-order chi connectivity index (χ1) is 13.5. The van der Waals surface area contributed by atoms with Crippen molar-refractivity contribution in [3.05, 3.63) is 52.7 Å². The lowest BCUT2D eigenvalue weighted by molar-refractivity contribution is -0.122. The Labute approximate surface area is 163 Å². The number of aromatic nitrogens is 4. The number of benzene rings is 1. The van der Waals surface area contributed by atoms with Crippen LogP contribution in [0, 0.1) is 0 Å². The van der Waals surface area contributed by atoms with E-state index in [4.69, 9.17) is 0 Å². The van der Waals surface area contributed by atoms with Crippen LogP contribution in [0.25, 0.3) is 16.7 Å². The molecule has 0 bridgehead atoms. The average molecular weight is 379 g/mol. The van der Waals surface area contributed by atoms with Crippen molar-refractivity contribution >= 4 is 16.9 Å². The first-order valence-electron chi connectivity index (χ1n) is 9.86. The van der Waals surface area contributed by atoms with Gasteiger partial charge in [-0.25, -0.2) is 9.67 Å². The normalized spacial score (nSPS) is 14.8. The number of carbonyl (C=O) groups is 1. The van der Waals surface area contributed by atoms with Gasteiger partial charge >= 0.3 is 0 Å². The van der Waals surface area contributed by atoms with Gasteiger partial charge in [-0.2, -0.15) is 5.10 Å². The van der Waals surface area contributed by atoms with Crippen LogP contribution in [0.4, 0.5) is 0 Å². The van der Waals surface area contributed by atoms with Crippen molar-refractivity contribution in [3.8, 4) is 5.69 Å². The predicted molar refractivity (Wildman–Crippen MR) is 108 cm³/mol. The summed E-state index contributed by atoms with van der Waals surface area (Å²) < 4.78 is 3.00. The summed E-state index contributed by atoms with van der Waals surface area (Å²) >= 11 is 0. The third kappa shape index (κ3) is 3.56. The Morgan fingerprint density at radius 2 is 1.93 bits per heavy atom. The Hall–Kier alpha value is -2.96. The van der Waals surface area contributed by atoms with Crippen LogP contribution in [0.5, 0.6) is 0 Å². The molecule has 0 aliphatic heterocycles. The SMILES string of the molecule is CC(C)c1ccc(-n2ncc3c(=O)n(CC(=O)NC4CCCC4)cnc32)cc1. The zero-order chi connectivity index (χ0) is 19.7. The molecule has 1 saturated carbocycles. The zero-order valence-corrected chi connectivity index (χ0v) is 16.3. The molecule has 1 fully saturated rings. The largest absolute Gasteiger partial charge is 0.352 e. The Bertz CT molecular complexity index is 1040. The summed E-state index contributed by atoms with van der Waals surface area (Å²) in [6.45, 7) is 4.27. The Balaban J connectivity index is 1.58. The molecule has 0 radical (unpaired) electrons. The number of fused-ring (bicyclic) bond motifs is 1. The maximum absolute atomic E-state index is 12.8. The van der Waals surface area contributed by atoms with Gasteiger partial charge in [0.25, 0.3) is 5.56 Å². The van der Waals surface area contributed by atoms with Gasteiger partial charge in [0, 0.05) is 6.04 Å². The molecule has 0 atom stereocenters. The minimum atomic E-state index is -0.253. The van der Waals surface area contributed by atoms with Crippen molar-refractivity contribution in [1.29, 1.82) is 0 Å². The van der Waals surface area contributed by atoms with Crippen LogP contribution in [0.2, 0.25) is 0 Å². The number of carbonyl (C=O) groups excluding carboxylic acids is 1. The second-order valence-electron chi connectivity index (χ2n) is 7.77. The highest BCUT2D eigenvalue weighted by atomic mass is 16.2. The lowest BCUT2D eigenvalue weighted by Gasteiger charge is -2.12. The first kappa shape index (κ1) is 18.4. The molecule has 0 unspecified atom stereocenters. The van der Waals surface area contributed by atoms with Gasteiger partial charge in [0.2, 0.25) is 5.91 Å². The van der Waals surface area contributed by atoms with Crippen LogP contribution in [-0.2, 0) is 11.3 Å². The fourth-order valence-corrected chi connectivity index (χ4v) is 3.75. The molecule has 146 valence electrons. The molecular weight excluding hydrogens is 354 g/mol. The summed E-state index contributed by atoms with van der Waals surface area (Å²) in [6, 6.07) is 8.30. The molecule has 28 heavy (non-hydrogen) atoms. The van der Waals surface area contributed by atoms with E-state index in [9.17, 15) is 9.59 Å². The quantitative estimate of drug-likeness (QED) is 0.739. The van der Waals surface area contributed by atoms with Crippen molar-refractivity contribution in [3.63, 3.8) is 0 Å². The van der Waals surface area contributed by atoms with Crippen LogP contribution >= 0.6 is 0 Å². The van der Waals surface area contributed by atoms with Crippen LogP contribution in [-0.4, -0.2) is 31.3 Å². The van der Waals surface area contributed by atoms with E-state index in [1.54, 1.807) is 4.68 Å². The number of nitrogens with one attached hydrogen (secondary N) is 1. The van der Waals surface area contributed by atoms with E-state index in [0.29, 0.717) is 17.0 Å². The second-order valence-corrected chi connectivity index (χ2v) is 7.77. The number of rotatable bonds is 5. The molecule has 0 spiro atoms. The summed E-state index contributed by atoms with van der Waals surface area (Å²) in [5.41, 5.74) is 2.33. The highest BCUT2D eigenvalue weighted by molar-refractivity contribution is 5.78. The lowest BCUT2D eigenvalue weighted by atomic mass is 10.0. The fraction of sp³-hybridized carbons (Fsp3) is 0.429. The number of amides is 1. The van der Waals surface area contributed by atoms with Crippen LogP contribution in [0.1, 0.15) is 51.0 Å². The maximum atomic E-state index is 12.8. The Morgan fingerprint density at radius 1 is 1.21 bits per heavy atom. The van der Waals surface area contributed by atoms with E-state index in [0.717, 1.165) is 31.4 Å². The summed E-state index contributed by atoms with van der Waals surface area (Å²) in [5.74, 6) is 0.302. The zero-order valence-electron chi connectivity index (χ0n) is 16.3. The molecule has 1 N–H and O–H groups in total. The fourth-order valence-electron chi connectivity index (χ4n) is 3.75. The molecule has 7 nitrogen and oxygen atoms in total. The molecule has 1 aliphatic carbocycles. The van der Waals surface area contributed by atoms with Gasteiger partial charge < -0.3 is 5.32 Å². The third-order valence-corrected chi connectivity index (χ3v) is 5.39. The van der Waals surface area contributed by atoms with E-state index < -0.39 is 0 Å². The molecule has 1 aromatic carbocycles. The topological polar surface area (TPSA) is 81.8 Å². The summed E-state index contributed by atoms with van der Waals surface area (Å²) in [5, 5.41) is 7.75. The summed E-state index contributed by atoms with van der Waals surface area (Å²) in [7, 11) is 0. The minimum Gasteiger partial charge on any atom is -0.352 e. The van der Waals surface area contributed by atoms with Gasteiger partial charge in [-0.05, 0) is 36.5 Å². The first-order valence-corrected chi connectivity index (χ1v) is 9.86. The second kappa shape index (κ2) is 7.58. The maximum Gasteiger partial charge on any atom is 0.264 e. The van der Waals surface area contributed by atoms with Gasteiger partial charge in [0.1, 0.15) is 18.3 Å². The van der Waals surface area contributed by atoms with Crippen molar-refractivity contribution in [2.75, 3.05) is 0 Å². The van der Waals surface area contributed by atoms with E-state index in [1.165, 1.54) is 22.7 Å². The van der Waals surface area contributed by atoms with Gasteiger partial charge in [0.15, 0.2) is 5.65 Å². The Morgan fingerprint density at radius 3 is 2.61 bits per heavy atom. The van der Waals surface area contributed by atoms with Gasteiger partial charge in [0.05, 0.1) is 11.9 Å². The molecule has 2 heterocycles. The van der Waals surface area contributed by atoms with Gasteiger partial charge in [-0.15, -0.1) is 0 Å². The van der Waals surface area contributed by atoms with E-state index in [2.05, 4.69) is 41.4 Å². The molecule has 1 amide bonds. The molecular formula is C21H25N5O2.